The maximum atomic E-state index is 13.2. The van der Waals surface area contributed by atoms with Gasteiger partial charge in [0.1, 0.15) is 0 Å². The SMILES string of the molecule is CS(C)(F)C1CCCC1. The zero-order valence-electron chi connectivity index (χ0n) is 6.19. The standard InChI is InChI=1S/C7H15FS/c1-9(2,8)7-5-3-4-6-7/h7H,3-6H2,1-2H3. The normalized spacial score (nSPS) is 24.8. The fourth-order valence-corrected chi connectivity index (χ4v) is 2.90. The van der Waals surface area contributed by atoms with Crippen molar-refractivity contribution in [3.05, 3.63) is 0 Å². The molecule has 1 saturated carbocycles. The van der Waals surface area contributed by atoms with Crippen LogP contribution in [0.4, 0.5) is 3.89 Å². The molecule has 2 heteroatoms. The van der Waals surface area contributed by atoms with Crippen molar-refractivity contribution in [3.8, 4) is 0 Å². The van der Waals surface area contributed by atoms with Crippen molar-refractivity contribution >= 4 is 10.4 Å². The van der Waals surface area contributed by atoms with Crippen molar-refractivity contribution < 1.29 is 3.89 Å². The molecule has 1 aliphatic carbocycles. The molecule has 0 unspecified atom stereocenters. The molecule has 0 aromatic heterocycles. The van der Waals surface area contributed by atoms with Crippen molar-refractivity contribution in [1.29, 1.82) is 0 Å². The van der Waals surface area contributed by atoms with Gasteiger partial charge < -0.3 is 0 Å². The van der Waals surface area contributed by atoms with Gasteiger partial charge >= 0.3 is 0 Å². The Morgan fingerprint density at radius 3 is 1.89 bits per heavy atom. The van der Waals surface area contributed by atoms with Gasteiger partial charge in [-0.2, -0.15) is 3.89 Å². The van der Waals surface area contributed by atoms with E-state index in [0.717, 1.165) is 12.8 Å². The van der Waals surface area contributed by atoms with Crippen LogP contribution in [0, 0.1) is 0 Å². The largest absolute Gasteiger partial charge is 0.190 e. The van der Waals surface area contributed by atoms with Crippen molar-refractivity contribution in [3.63, 3.8) is 0 Å². The van der Waals surface area contributed by atoms with Crippen molar-refractivity contribution in [2.75, 3.05) is 12.5 Å². The Morgan fingerprint density at radius 2 is 1.67 bits per heavy atom. The summed E-state index contributed by atoms with van der Waals surface area (Å²) in [5.74, 6) is 0. The summed E-state index contributed by atoms with van der Waals surface area (Å²) < 4.78 is 13.2. The molecule has 0 bridgehead atoms. The van der Waals surface area contributed by atoms with Crippen LogP contribution in [0.3, 0.4) is 0 Å². The number of hydrogen-bond donors (Lipinski definition) is 0. The predicted molar refractivity (Wildman–Crippen MR) is 42.8 cm³/mol. The minimum Gasteiger partial charge on any atom is -0.190 e. The van der Waals surface area contributed by atoms with E-state index >= 15 is 0 Å². The van der Waals surface area contributed by atoms with E-state index in [0.29, 0.717) is 5.25 Å². The average Bonchev–Trinajstić information content (AvgIpc) is 2.08. The highest BCUT2D eigenvalue weighted by molar-refractivity contribution is 8.28. The lowest BCUT2D eigenvalue weighted by atomic mass is 10.4. The van der Waals surface area contributed by atoms with Gasteiger partial charge in [-0.25, -0.2) is 0 Å². The molecule has 1 aliphatic rings. The van der Waals surface area contributed by atoms with Gasteiger partial charge in [0, 0.05) is 5.25 Å². The predicted octanol–water partition coefficient (Wildman–Crippen LogP) is 2.88. The van der Waals surface area contributed by atoms with E-state index in [1.807, 2.05) is 0 Å². The van der Waals surface area contributed by atoms with E-state index in [4.69, 9.17) is 0 Å². The molecule has 0 aromatic rings. The van der Waals surface area contributed by atoms with Crippen LogP contribution in [0.5, 0.6) is 0 Å². The molecule has 0 heterocycles. The first kappa shape index (κ1) is 7.39. The van der Waals surface area contributed by atoms with Crippen LogP contribution in [-0.4, -0.2) is 17.8 Å². The van der Waals surface area contributed by atoms with Crippen LogP contribution in [0.2, 0.25) is 0 Å². The molecule has 56 valence electrons. The Labute approximate surface area is 58.4 Å². The van der Waals surface area contributed by atoms with Crippen LogP contribution in [0.25, 0.3) is 0 Å². The first-order valence-corrected chi connectivity index (χ1v) is 5.94. The van der Waals surface area contributed by atoms with Crippen molar-refractivity contribution in [2.24, 2.45) is 0 Å². The Morgan fingerprint density at radius 1 is 1.22 bits per heavy atom. The highest BCUT2D eigenvalue weighted by Gasteiger charge is 2.26. The van der Waals surface area contributed by atoms with Gasteiger partial charge in [-0.1, -0.05) is 23.3 Å². The summed E-state index contributed by atoms with van der Waals surface area (Å²) in [6.45, 7) is 0. The van der Waals surface area contributed by atoms with Crippen LogP contribution in [-0.2, 0) is 0 Å². The lowest BCUT2D eigenvalue weighted by molar-refractivity contribution is 0.809. The summed E-state index contributed by atoms with van der Waals surface area (Å²) >= 11 is 0. The van der Waals surface area contributed by atoms with E-state index < -0.39 is 10.4 Å². The molecule has 9 heavy (non-hydrogen) atoms. The highest BCUT2D eigenvalue weighted by Crippen LogP contribution is 2.52. The summed E-state index contributed by atoms with van der Waals surface area (Å²) in [6.07, 6.45) is 8.35. The van der Waals surface area contributed by atoms with Gasteiger partial charge in [-0.15, -0.1) is 0 Å². The van der Waals surface area contributed by atoms with Crippen LogP contribution in [0.1, 0.15) is 25.7 Å². The lowest BCUT2D eigenvalue weighted by Crippen LogP contribution is -2.06. The molecule has 0 spiro atoms. The molecule has 0 atom stereocenters. The summed E-state index contributed by atoms with van der Waals surface area (Å²) in [4.78, 5) is 0. The summed E-state index contributed by atoms with van der Waals surface area (Å²) in [6, 6.07) is 0. The number of hydrogen-bond acceptors (Lipinski definition) is 0. The Kier molecular flexibility index (Phi) is 2.04. The molecule has 0 nitrogen and oxygen atoms in total. The molecule has 0 aromatic carbocycles. The van der Waals surface area contributed by atoms with Gasteiger partial charge in [0.05, 0.1) is 0 Å². The highest BCUT2D eigenvalue weighted by atomic mass is 32.3. The molecule has 1 fully saturated rings. The second-order valence-corrected chi connectivity index (χ2v) is 6.41. The van der Waals surface area contributed by atoms with Crippen LogP contribution < -0.4 is 0 Å². The second-order valence-electron chi connectivity index (χ2n) is 3.18. The summed E-state index contributed by atoms with van der Waals surface area (Å²) in [5, 5.41) is 0.428. The molecule has 0 radical (unpaired) electrons. The van der Waals surface area contributed by atoms with Crippen LogP contribution >= 0.6 is 10.4 Å². The monoisotopic (exact) mass is 150 g/mol. The van der Waals surface area contributed by atoms with E-state index in [1.165, 1.54) is 12.8 Å². The third kappa shape index (κ3) is 1.85. The quantitative estimate of drug-likeness (QED) is 0.539. The minimum atomic E-state index is -1.70. The molecule has 0 amide bonds. The van der Waals surface area contributed by atoms with E-state index in [1.54, 1.807) is 12.5 Å². The minimum absolute atomic E-state index is 0.428. The first-order valence-electron chi connectivity index (χ1n) is 3.52. The second kappa shape index (κ2) is 2.49. The van der Waals surface area contributed by atoms with Gasteiger partial charge in [0.2, 0.25) is 0 Å². The van der Waals surface area contributed by atoms with Crippen LogP contribution in [0.15, 0.2) is 0 Å². The fraction of sp³-hybridized carbons (Fsp3) is 1.00. The maximum absolute atomic E-state index is 13.2. The molecular weight excluding hydrogens is 135 g/mol. The smallest absolute Gasteiger partial charge is 0.0144 e. The Balaban J connectivity index is 2.42. The lowest BCUT2D eigenvalue weighted by Gasteiger charge is -2.27. The van der Waals surface area contributed by atoms with Gasteiger partial charge in [0.25, 0.3) is 0 Å². The topological polar surface area (TPSA) is 0 Å². The third-order valence-corrected chi connectivity index (χ3v) is 4.15. The van der Waals surface area contributed by atoms with Crippen molar-refractivity contribution in [2.45, 2.75) is 30.9 Å². The zero-order chi connectivity index (χ0) is 6.91. The van der Waals surface area contributed by atoms with Gasteiger partial charge in [-0.3, -0.25) is 0 Å². The Bertz CT molecular complexity index is 89.6. The number of halogens is 1. The fourth-order valence-electron chi connectivity index (χ4n) is 1.45. The zero-order valence-corrected chi connectivity index (χ0v) is 7.01. The summed E-state index contributed by atoms with van der Waals surface area (Å²) in [7, 11) is -1.70. The van der Waals surface area contributed by atoms with E-state index in [2.05, 4.69) is 0 Å². The average molecular weight is 150 g/mol. The molecule has 0 aliphatic heterocycles. The molecule has 0 saturated heterocycles. The molecule has 1 rings (SSSR count). The summed E-state index contributed by atoms with van der Waals surface area (Å²) in [5.41, 5.74) is 0. The van der Waals surface area contributed by atoms with E-state index in [9.17, 15) is 3.89 Å². The first-order chi connectivity index (χ1) is 4.11. The third-order valence-electron chi connectivity index (χ3n) is 2.09. The van der Waals surface area contributed by atoms with Gasteiger partial charge in [0.15, 0.2) is 0 Å². The van der Waals surface area contributed by atoms with Gasteiger partial charge in [-0.05, 0) is 25.4 Å². The number of rotatable bonds is 1. The maximum Gasteiger partial charge on any atom is 0.0144 e. The molecular formula is C7H15FS. The van der Waals surface area contributed by atoms with Crippen molar-refractivity contribution in [1.82, 2.24) is 0 Å². The Hall–Kier alpha value is 0.280. The molecule has 0 N–H and O–H groups in total. The van der Waals surface area contributed by atoms with E-state index in [-0.39, 0.29) is 0 Å².